The predicted octanol–water partition coefficient (Wildman–Crippen LogP) is 0.847. The van der Waals surface area contributed by atoms with Crippen molar-refractivity contribution in [2.75, 3.05) is 19.8 Å². The number of hydrogen-bond acceptors (Lipinski definition) is 3. The van der Waals surface area contributed by atoms with Crippen LogP contribution in [0.3, 0.4) is 0 Å². The van der Waals surface area contributed by atoms with E-state index in [1.807, 2.05) is 0 Å². The fourth-order valence-electron chi connectivity index (χ4n) is 1.43. The van der Waals surface area contributed by atoms with Gasteiger partial charge in [-0.15, -0.1) is 0 Å². The smallest absolute Gasteiger partial charge is 0.123 e. The number of aliphatic hydroxyl groups excluding tert-OH is 1. The minimum absolute atomic E-state index is 0.286. The SMILES string of the molecule is OC(CNC1COC1)c1ccc(F)cc1. The fraction of sp³-hybridized carbons (Fsp3) is 0.455. The zero-order valence-corrected chi connectivity index (χ0v) is 8.32. The summed E-state index contributed by atoms with van der Waals surface area (Å²) in [6, 6.07) is 6.24. The molecular weight excluding hydrogens is 197 g/mol. The molecule has 1 aromatic carbocycles. The van der Waals surface area contributed by atoms with E-state index in [0.29, 0.717) is 25.8 Å². The predicted molar refractivity (Wildman–Crippen MR) is 54.0 cm³/mol. The molecule has 0 aliphatic carbocycles. The van der Waals surface area contributed by atoms with Crippen molar-refractivity contribution in [3.8, 4) is 0 Å². The minimum atomic E-state index is -0.591. The second-order valence-corrected chi connectivity index (χ2v) is 3.71. The molecule has 0 saturated carbocycles. The molecular formula is C11H14FNO2. The highest BCUT2D eigenvalue weighted by Crippen LogP contribution is 2.13. The molecule has 2 rings (SSSR count). The van der Waals surface area contributed by atoms with E-state index >= 15 is 0 Å². The van der Waals surface area contributed by atoms with Crippen LogP contribution < -0.4 is 5.32 Å². The largest absolute Gasteiger partial charge is 0.387 e. The van der Waals surface area contributed by atoms with Crippen molar-refractivity contribution in [3.05, 3.63) is 35.6 Å². The molecule has 1 atom stereocenters. The molecule has 1 heterocycles. The monoisotopic (exact) mass is 211 g/mol. The summed E-state index contributed by atoms with van der Waals surface area (Å²) in [4.78, 5) is 0. The van der Waals surface area contributed by atoms with Crippen molar-refractivity contribution in [1.29, 1.82) is 0 Å². The van der Waals surface area contributed by atoms with Gasteiger partial charge in [0.05, 0.1) is 25.4 Å². The average molecular weight is 211 g/mol. The van der Waals surface area contributed by atoms with E-state index in [9.17, 15) is 9.50 Å². The molecule has 0 amide bonds. The molecule has 1 unspecified atom stereocenters. The van der Waals surface area contributed by atoms with Gasteiger partial charge in [-0.25, -0.2) is 4.39 Å². The van der Waals surface area contributed by atoms with Gasteiger partial charge in [0.2, 0.25) is 0 Å². The standard InChI is InChI=1S/C11H14FNO2/c12-9-3-1-8(2-4-9)11(14)5-13-10-6-15-7-10/h1-4,10-11,13-14H,5-7H2. The maximum absolute atomic E-state index is 12.6. The Labute approximate surface area is 87.9 Å². The van der Waals surface area contributed by atoms with Crippen LogP contribution in [0.25, 0.3) is 0 Å². The molecule has 0 radical (unpaired) electrons. The van der Waals surface area contributed by atoms with Crippen molar-refractivity contribution < 1.29 is 14.2 Å². The molecule has 1 fully saturated rings. The van der Waals surface area contributed by atoms with Crippen LogP contribution in [0.2, 0.25) is 0 Å². The van der Waals surface area contributed by atoms with Gasteiger partial charge in [0.25, 0.3) is 0 Å². The molecule has 0 bridgehead atoms. The van der Waals surface area contributed by atoms with Gasteiger partial charge in [-0.3, -0.25) is 0 Å². The summed E-state index contributed by atoms with van der Waals surface area (Å²) in [6.07, 6.45) is -0.591. The number of benzene rings is 1. The first-order valence-corrected chi connectivity index (χ1v) is 5.00. The van der Waals surface area contributed by atoms with Gasteiger partial charge in [0.15, 0.2) is 0 Å². The van der Waals surface area contributed by atoms with Crippen molar-refractivity contribution >= 4 is 0 Å². The summed E-state index contributed by atoms with van der Waals surface area (Å²) in [7, 11) is 0. The van der Waals surface area contributed by atoms with E-state index in [1.54, 1.807) is 12.1 Å². The van der Waals surface area contributed by atoms with Crippen molar-refractivity contribution in [2.24, 2.45) is 0 Å². The van der Waals surface area contributed by atoms with E-state index in [-0.39, 0.29) is 5.82 Å². The maximum atomic E-state index is 12.6. The first kappa shape index (κ1) is 10.5. The van der Waals surface area contributed by atoms with Gasteiger partial charge in [-0.05, 0) is 17.7 Å². The molecule has 0 spiro atoms. The molecule has 1 aliphatic heterocycles. The highest BCUT2D eigenvalue weighted by molar-refractivity contribution is 5.18. The van der Waals surface area contributed by atoms with Crippen LogP contribution in [0.1, 0.15) is 11.7 Å². The Bertz CT molecular complexity index is 311. The van der Waals surface area contributed by atoms with E-state index in [0.717, 1.165) is 5.56 Å². The lowest BCUT2D eigenvalue weighted by Gasteiger charge is -2.28. The number of ether oxygens (including phenoxy) is 1. The summed E-state index contributed by atoms with van der Waals surface area (Å²) >= 11 is 0. The molecule has 2 N–H and O–H groups in total. The van der Waals surface area contributed by atoms with Gasteiger partial charge < -0.3 is 15.2 Å². The average Bonchev–Trinajstić information content (AvgIpc) is 2.16. The van der Waals surface area contributed by atoms with Crippen LogP contribution in [-0.4, -0.2) is 30.9 Å². The third-order valence-electron chi connectivity index (χ3n) is 2.49. The Morgan fingerprint density at radius 3 is 2.60 bits per heavy atom. The Hall–Kier alpha value is -0.970. The second-order valence-electron chi connectivity index (χ2n) is 3.71. The summed E-state index contributed by atoms with van der Waals surface area (Å²) in [6.45, 7) is 1.88. The molecule has 82 valence electrons. The van der Waals surface area contributed by atoms with Crippen LogP contribution in [0, 0.1) is 5.82 Å². The third-order valence-corrected chi connectivity index (χ3v) is 2.49. The quantitative estimate of drug-likeness (QED) is 0.775. The van der Waals surface area contributed by atoms with Crippen LogP contribution in [0.4, 0.5) is 4.39 Å². The highest BCUT2D eigenvalue weighted by Gasteiger charge is 2.18. The Kier molecular flexibility index (Phi) is 3.30. The number of halogens is 1. The first-order chi connectivity index (χ1) is 7.25. The summed E-state index contributed by atoms with van der Waals surface area (Å²) in [5.41, 5.74) is 0.726. The first-order valence-electron chi connectivity index (χ1n) is 5.00. The Morgan fingerprint density at radius 2 is 2.07 bits per heavy atom. The van der Waals surface area contributed by atoms with Crippen molar-refractivity contribution in [1.82, 2.24) is 5.32 Å². The molecule has 3 nitrogen and oxygen atoms in total. The minimum Gasteiger partial charge on any atom is -0.387 e. The number of nitrogens with one attached hydrogen (secondary N) is 1. The fourth-order valence-corrected chi connectivity index (χ4v) is 1.43. The van der Waals surface area contributed by atoms with Gasteiger partial charge in [0.1, 0.15) is 5.82 Å². The van der Waals surface area contributed by atoms with Gasteiger partial charge >= 0.3 is 0 Å². The zero-order valence-electron chi connectivity index (χ0n) is 8.32. The summed E-state index contributed by atoms with van der Waals surface area (Å²) < 4.78 is 17.6. The normalized spacial score (nSPS) is 18.5. The van der Waals surface area contributed by atoms with Crippen LogP contribution >= 0.6 is 0 Å². The van der Waals surface area contributed by atoms with E-state index in [1.165, 1.54) is 12.1 Å². The Morgan fingerprint density at radius 1 is 1.40 bits per heavy atom. The van der Waals surface area contributed by atoms with Crippen molar-refractivity contribution in [3.63, 3.8) is 0 Å². The van der Waals surface area contributed by atoms with E-state index in [4.69, 9.17) is 4.74 Å². The molecule has 1 aliphatic rings. The lowest BCUT2D eigenvalue weighted by atomic mass is 10.1. The number of rotatable bonds is 4. The topological polar surface area (TPSA) is 41.5 Å². The number of aliphatic hydroxyl groups is 1. The lowest BCUT2D eigenvalue weighted by molar-refractivity contribution is -0.00981. The van der Waals surface area contributed by atoms with E-state index in [2.05, 4.69) is 5.32 Å². The summed E-state index contributed by atoms with van der Waals surface area (Å²) in [5.74, 6) is -0.286. The Balaban J connectivity index is 1.83. The molecule has 1 aromatic rings. The van der Waals surface area contributed by atoms with Crippen molar-refractivity contribution in [2.45, 2.75) is 12.1 Å². The molecule has 0 aromatic heterocycles. The van der Waals surface area contributed by atoms with Gasteiger partial charge in [-0.1, -0.05) is 12.1 Å². The number of hydrogen-bond donors (Lipinski definition) is 2. The van der Waals surface area contributed by atoms with Crippen LogP contribution in [0.15, 0.2) is 24.3 Å². The zero-order chi connectivity index (χ0) is 10.7. The van der Waals surface area contributed by atoms with E-state index < -0.39 is 6.10 Å². The molecule has 4 heteroatoms. The molecule has 1 saturated heterocycles. The summed E-state index contributed by atoms with van der Waals surface area (Å²) in [5, 5.41) is 12.9. The van der Waals surface area contributed by atoms with Gasteiger partial charge in [-0.2, -0.15) is 0 Å². The maximum Gasteiger partial charge on any atom is 0.123 e. The lowest BCUT2D eigenvalue weighted by Crippen LogP contribution is -2.47. The van der Waals surface area contributed by atoms with Crippen LogP contribution in [-0.2, 0) is 4.74 Å². The van der Waals surface area contributed by atoms with Gasteiger partial charge in [0, 0.05) is 6.54 Å². The van der Waals surface area contributed by atoms with Crippen LogP contribution in [0.5, 0.6) is 0 Å². The molecule has 15 heavy (non-hydrogen) atoms. The second kappa shape index (κ2) is 4.70. The third kappa shape index (κ3) is 2.75. The highest BCUT2D eigenvalue weighted by atomic mass is 19.1.